The van der Waals surface area contributed by atoms with Crippen molar-refractivity contribution in [3.63, 3.8) is 0 Å². The lowest BCUT2D eigenvalue weighted by Gasteiger charge is -2.33. The Kier molecular flexibility index (Phi) is 5.77. The van der Waals surface area contributed by atoms with E-state index in [9.17, 15) is 22.4 Å². The number of nitrogens with zero attached hydrogens (tertiary/aromatic N) is 2. The maximum atomic E-state index is 14.7. The summed E-state index contributed by atoms with van der Waals surface area (Å²) in [4.78, 5) is 12.7. The Hall–Kier alpha value is -3.20. The molecule has 0 unspecified atom stereocenters. The minimum Gasteiger partial charge on any atom is -0.347 e. The summed E-state index contributed by atoms with van der Waals surface area (Å²) in [6, 6.07) is 6.75. The Morgan fingerprint density at radius 3 is 2.45 bits per heavy atom. The van der Waals surface area contributed by atoms with Crippen LogP contribution in [0.4, 0.5) is 17.6 Å². The van der Waals surface area contributed by atoms with E-state index in [1.165, 1.54) is 10.7 Å². The summed E-state index contributed by atoms with van der Waals surface area (Å²) in [5.74, 6) is -5.21. The van der Waals surface area contributed by atoms with E-state index in [0.29, 0.717) is 30.8 Å². The van der Waals surface area contributed by atoms with Crippen molar-refractivity contribution in [3.05, 3.63) is 77.0 Å². The largest absolute Gasteiger partial charge is 0.347 e. The molecule has 162 valence electrons. The molecular formula is C22H20F4N4O. The number of aryl methyl sites for hydroxylation is 1. The number of hydrogen-bond acceptors (Lipinski definition) is 3. The normalized spacial score (nSPS) is 18.7. The average molecular weight is 432 g/mol. The van der Waals surface area contributed by atoms with Crippen LogP contribution in [0.3, 0.4) is 0 Å². The highest BCUT2D eigenvalue weighted by Crippen LogP contribution is 2.28. The molecule has 1 amide bonds. The molecule has 1 aliphatic rings. The standard InChI is InChI=1S/C22H20F4N4O/c1-30-7-5-19(29-30)13-9-17(25)21(18(26)10-13)22(31)28-20-11-27-6-4-14(20)12-2-3-15(23)16(24)8-12/h2-3,5,7-10,14,20,27H,4,6,11H2,1H3,(H,28,31)/t14-,20+/m0/s1. The van der Waals surface area contributed by atoms with Crippen molar-refractivity contribution in [1.29, 1.82) is 0 Å². The summed E-state index contributed by atoms with van der Waals surface area (Å²) < 4.78 is 57.9. The fourth-order valence-corrected chi connectivity index (χ4v) is 3.90. The number of rotatable bonds is 4. The fourth-order valence-electron chi connectivity index (χ4n) is 3.90. The van der Waals surface area contributed by atoms with Crippen molar-refractivity contribution in [2.75, 3.05) is 13.1 Å². The van der Waals surface area contributed by atoms with Crippen LogP contribution in [-0.2, 0) is 7.05 Å². The lowest BCUT2D eigenvalue weighted by molar-refractivity contribution is 0.0916. The van der Waals surface area contributed by atoms with Crippen LogP contribution in [0, 0.1) is 23.3 Å². The van der Waals surface area contributed by atoms with Crippen molar-refractivity contribution in [3.8, 4) is 11.3 Å². The number of aromatic nitrogens is 2. The van der Waals surface area contributed by atoms with Gasteiger partial charge in [-0.25, -0.2) is 17.6 Å². The highest BCUT2D eigenvalue weighted by molar-refractivity contribution is 5.95. The Morgan fingerprint density at radius 2 is 1.81 bits per heavy atom. The maximum Gasteiger partial charge on any atom is 0.257 e. The number of piperidine rings is 1. The second-order valence-electron chi connectivity index (χ2n) is 7.54. The molecule has 31 heavy (non-hydrogen) atoms. The summed E-state index contributed by atoms with van der Waals surface area (Å²) >= 11 is 0. The van der Waals surface area contributed by atoms with Crippen LogP contribution in [0.5, 0.6) is 0 Å². The Balaban J connectivity index is 1.58. The highest BCUT2D eigenvalue weighted by atomic mass is 19.2. The molecule has 0 aliphatic carbocycles. The molecule has 2 heterocycles. The monoisotopic (exact) mass is 432 g/mol. The van der Waals surface area contributed by atoms with E-state index in [0.717, 1.165) is 24.3 Å². The third-order valence-electron chi connectivity index (χ3n) is 5.45. The summed E-state index contributed by atoms with van der Waals surface area (Å²) in [5, 5.41) is 9.85. The van der Waals surface area contributed by atoms with Gasteiger partial charge in [0, 0.05) is 37.3 Å². The van der Waals surface area contributed by atoms with Gasteiger partial charge in [-0.1, -0.05) is 6.07 Å². The van der Waals surface area contributed by atoms with E-state index in [1.54, 1.807) is 19.3 Å². The Morgan fingerprint density at radius 1 is 1.06 bits per heavy atom. The number of nitrogens with one attached hydrogen (secondary N) is 2. The van der Waals surface area contributed by atoms with E-state index in [1.807, 2.05) is 0 Å². The summed E-state index contributed by atoms with van der Waals surface area (Å²) in [7, 11) is 1.68. The lowest BCUT2D eigenvalue weighted by Crippen LogP contribution is -2.50. The van der Waals surface area contributed by atoms with Gasteiger partial charge in [0.25, 0.3) is 5.91 Å². The molecule has 2 aromatic carbocycles. The number of halogens is 4. The van der Waals surface area contributed by atoms with Gasteiger partial charge in [-0.2, -0.15) is 5.10 Å². The minimum atomic E-state index is -1.01. The van der Waals surface area contributed by atoms with Crippen molar-refractivity contribution < 1.29 is 22.4 Å². The molecule has 9 heteroatoms. The second-order valence-corrected chi connectivity index (χ2v) is 7.54. The second kappa shape index (κ2) is 8.50. The van der Waals surface area contributed by atoms with Crippen molar-refractivity contribution in [2.45, 2.75) is 18.4 Å². The van der Waals surface area contributed by atoms with Gasteiger partial charge in [-0.05, 0) is 48.9 Å². The minimum absolute atomic E-state index is 0.214. The van der Waals surface area contributed by atoms with Crippen LogP contribution < -0.4 is 10.6 Å². The molecule has 4 rings (SSSR count). The number of amides is 1. The molecule has 0 saturated carbocycles. The Bertz CT molecular complexity index is 1110. The molecule has 2 N–H and O–H groups in total. The predicted molar refractivity (Wildman–Crippen MR) is 106 cm³/mol. The molecule has 0 spiro atoms. The average Bonchev–Trinajstić information content (AvgIpc) is 3.16. The molecule has 1 saturated heterocycles. The van der Waals surface area contributed by atoms with Gasteiger partial charge in [0.15, 0.2) is 11.6 Å². The van der Waals surface area contributed by atoms with Gasteiger partial charge in [-0.3, -0.25) is 9.48 Å². The molecule has 0 radical (unpaired) electrons. The van der Waals surface area contributed by atoms with E-state index >= 15 is 0 Å². The van der Waals surface area contributed by atoms with Gasteiger partial charge >= 0.3 is 0 Å². The highest BCUT2D eigenvalue weighted by Gasteiger charge is 2.30. The fraction of sp³-hybridized carbons (Fsp3) is 0.273. The lowest BCUT2D eigenvalue weighted by atomic mass is 9.85. The number of carbonyl (C=O) groups excluding carboxylic acids is 1. The van der Waals surface area contributed by atoms with Gasteiger partial charge in [0.1, 0.15) is 17.2 Å². The summed E-state index contributed by atoms with van der Waals surface area (Å²) in [6.45, 7) is 0.933. The predicted octanol–water partition coefficient (Wildman–Crippen LogP) is 3.52. The van der Waals surface area contributed by atoms with Crippen molar-refractivity contribution in [1.82, 2.24) is 20.4 Å². The van der Waals surface area contributed by atoms with Crippen molar-refractivity contribution in [2.24, 2.45) is 7.05 Å². The zero-order valence-corrected chi connectivity index (χ0v) is 16.6. The first-order valence-corrected chi connectivity index (χ1v) is 9.79. The first kappa shape index (κ1) is 21.0. The number of hydrogen-bond donors (Lipinski definition) is 2. The number of carbonyl (C=O) groups is 1. The van der Waals surface area contributed by atoms with Gasteiger partial charge in [-0.15, -0.1) is 0 Å². The smallest absolute Gasteiger partial charge is 0.257 e. The van der Waals surface area contributed by atoms with Crippen molar-refractivity contribution >= 4 is 5.91 Å². The zero-order chi connectivity index (χ0) is 22.1. The van der Waals surface area contributed by atoms with E-state index in [2.05, 4.69) is 15.7 Å². The third kappa shape index (κ3) is 4.32. The third-order valence-corrected chi connectivity index (χ3v) is 5.45. The van der Waals surface area contributed by atoms with Crippen LogP contribution in [0.25, 0.3) is 11.3 Å². The van der Waals surface area contributed by atoms with Gasteiger partial charge in [0.05, 0.1) is 5.69 Å². The first-order chi connectivity index (χ1) is 14.8. The van der Waals surface area contributed by atoms with Gasteiger partial charge in [0.2, 0.25) is 0 Å². The molecular weight excluding hydrogens is 412 g/mol. The molecule has 1 fully saturated rings. The van der Waals surface area contributed by atoms with Gasteiger partial charge < -0.3 is 10.6 Å². The SMILES string of the molecule is Cn1ccc(-c2cc(F)c(C(=O)N[C@@H]3CNCC[C@H]3c3ccc(F)c(F)c3)c(F)c2)n1. The van der Waals surface area contributed by atoms with Crippen LogP contribution in [0.1, 0.15) is 28.3 Å². The summed E-state index contributed by atoms with van der Waals surface area (Å²) in [5.41, 5.74) is 0.403. The zero-order valence-electron chi connectivity index (χ0n) is 16.6. The van der Waals surface area contributed by atoms with Crippen LogP contribution in [-0.4, -0.2) is 34.8 Å². The van der Waals surface area contributed by atoms with Crippen LogP contribution >= 0.6 is 0 Å². The molecule has 3 aromatic rings. The molecule has 5 nitrogen and oxygen atoms in total. The van der Waals surface area contributed by atoms with Crippen LogP contribution in [0.15, 0.2) is 42.6 Å². The maximum absolute atomic E-state index is 14.7. The number of benzene rings is 2. The van der Waals surface area contributed by atoms with E-state index in [4.69, 9.17) is 0 Å². The topological polar surface area (TPSA) is 59.0 Å². The Labute approximate surface area is 176 Å². The molecule has 1 aromatic heterocycles. The molecule has 1 aliphatic heterocycles. The summed E-state index contributed by atoms with van der Waals surface area (Å²) in [6.07, 6.45) is 2.18. The first-order valence-electron chi connectivity index (χ1n) is 9.79. The van der Waals surface area contributed by atoms with E-state index < -0.39 is 40.8 Å². The van der Waals surface area contributed by atoms with E-state index in [-0.39, 0.29) is 11.5 Å². The molecule has 2 atom stereocenters. The van der Waals surface area contributed by atoms with Crippen LogP contribution in [0.2, 0.25) is 0 Å². The molecule has 0 bridgehead atoms. The quantitative estimate of drug-likeness (QED) is 0.621.